The summed E-state index contributed by atoms with van der Waals surface area (Å²) in [6.07, 6.45) is -0.558. The van der Waals surface area contributed by atoms with Crippen LogP contribution in [0.15, 0.2) is 77.7 Å². The molecule has 0 aliphatic carbocycles. The largest absolute Gasteiger partial charge is 0.485 e. The highest BCUT2D eigenvalue weighted by atomic mass is 35.5. The van der Waals surface area contributed by atoms with E-state index in [1.807, 2.05) is 30.3 Å². The van der Waals surface area contributed by atoms with Gasteiger partial charge in [-0.2, -0.15) is 0 Å². The fraction of sp³-hybridized carbons (Fsp3) is 0.269. The maximum Gasteiger partial charge on any atom is 0.251 e. The number of fused-ring (bicyclic) bond motifs is 1. The molecule has 1 aliphatic heterocycles. The van der Waals surface area contributed by atoms with Crippen molar-refractivity contribution in [3.05, 3.63) is 94.5 Å². The average Bonchev–Trinajstić information content (AvgIpc) is 2.82. The number of hydrogen-bond donors (Lipinski definition) is 3. The smallest absolute Gasteiger partial charge is 0.251 e. The quantitative estimate of drug-likeness (QED) is 0.444. The summed E-state index contributed by atoms with van der Waals surface area (Å²) in [6.45, 7) is 3.78. The Balaban J connectivity index is 1.60. The van der Waals surface area contributed by atoms with Crippen LogP contribution in [0.4, 0.5) is 0 Å². The van der Waals surface area contributed by atoms with Crippen molar-refractivity contribution in [3.63, 3.8) is 0 Å². The molecule has 1 aliphatic rings. The average molecular weight is 515 g/mol. The minimum absolute atomic E-state index is 0.0626. The maximum absolute atomic E-state index is 13.2. The summed E-state index contributed by atoms with van der Waals surface area (Å²) in [5.41, 5.74) is 0.712. The van der Waals surface area contributed by atoms with Gasteiger partial charge in [0.15, 0.2) is 0 Å². The molecule has 0 aromatic heterocycles. The van der Waals surface area contributed by atoms with Gasteiger partial charge in [0.05, 0.1) is 11.1 Å². The molecule has 0 saturated carbocycles. The molecule has 0 unspecified atom stereocenters. The minimum atomic E-state index is -4.09. The highest BCUT2D eigenvalue weighted by Crippen LogP contribution is 2.41. The van der Waals surface area contributed by atoms with Gasteiger partial charge in [-0.15, -0.1) is 0 Å². The lowest BCUT2D eigenvalue weighted by molar-refractivity contribution is -0.0603. The van der Waals surface area contributed by atoms with Crippen LogP contribution < -0.4 is 14.8 Å². The van der Waals surface area contributed by atoms with Crippen molar-refractivity contribution < 1.29 is 23.1 Å². The van der Waals surface area contributed by atoms with Crippen LogP contribution in [0.2, 0.25) is 5.02 Å². The van der Waals surface area contributed by atoms with E-state index in [-0.39, 0.29) is 15.8 Å². The second kappa shape index (κ2) is 9.99. The Morgan fingerprint density at radius 1 is 1.06 bits per heavy atom. The zero-order valence-electron chi connectivity index (χ0n) is 19.4. The van der Waals surface area contributed by atoms with E-state index in [9.17, 15) is 18.3 Å². The molecular formula is C26H27ClN2O5S. The van der Waals surface area contributed by atoms with Crippen molar-refractivity contribution in [1.82, 2.24) is 10.0 Å². The molecule has 1 heterocycles. The van der Waals surface area contributed by atoms with Gasteiger partial charge in [0.2, 0.25) is 10.0 Å². The van der Waals surface area contributed by atoms with E-state index in [4.69, 9.17) is 16.3 Å². The van der Waals surface area contributed by atoms with E-state index in [2.05, 4.69) is 10.0 Å². The third kappa shape index (κ3) is 5.51. The first kappa shape index (κ1) is 25.2. The van der Waals surface area contributed by atoms with Gasteiger partial charge in [0.1, 0.15) is 22.4 Å². The molecule has 3 aromatic rings. The second-order valence-corrected chi connectivity index (χ2v) is 11.0. The standard InChI is InChI=1S/C26H27ClN2O5S/c1-26(2)24(30)23(29-35(32,33)22-11-7-6-10-20(22)27)19-16-18(12-13-21(19)34-26)25(31)28-15-14-17-8-4-3-5-9-17/h3-13,16,23-24,29-30H,14-15H2,1-2H3,(H,28,31)/t23-,24+/m1/s1. The summed E-state index contributed by atoms with van der Waals surface area (Å²) >= 11 is 6.12. The van der Waals surface area contributed by atoms with Gasteiger partial charge in [-0.05, 0) is 56.2 Å². The number of halogens is 1. The van der Waals surface area contributed by atoms with Gasteiger partial charge in [-0.25, -0.2) is 13.1 Å². The SMILES string of the molecule is CC1(C)Oc2ccc(C(=O)NCCc3ccccc3)cc2[C@@H](NS(=O)(=O)c2ccccc2Cl)[C@@H]1O. The molecule has 0 bridgehead atoms. The van der Waals surface area contributed by atoms with Crippen LogP contribution in [0, 0.1) is 0 Å². The van der Waals surface area contributed by atoms with E-state index in [0.29, 0.717) is 29.8 Å². The molecule has 3 N–H and O–H groups in total. The van der Waals surface area contributed by atoms with Crippen LogP contribution in [0.3, 0.4) is 0 Å². The third-order valence-corrected chi connectivity index (χ3v) is 7.90. The van der Waals surface area contributed by atoms with Crippen LogP contribution in [0.1, 0.15) is 41.4 Å². The van der Waals surface area contributed by atoms with Crippen molar-refractivity contribution in [3.8, 4) is 5.75 Å². The lowest BCUT2D eigenvalue weighted by atomic mass is 9.86. The molecule has 35 heavy (non-hydrogen) atoms. The molecule has 0 spiro atoms. The molecule has 0 fully saturated rings. The fourth-order valence-corrected chi connectivity index (χ4v) is 5.77. The first-order valence-corrected chi connectivity index (χ1v) is 13.0. The first-order valence-electron chi connectivity index (χ1n) is 11.2. The number of aliphatic hydroxyl groups is 1. The number of carbonyl (C=O) groups excluding carboxylic acids is 1. The highest BCUT2D eigenvalue weighted by Gasteiger charge is 2.45. The van der Waals surface area contributed by atoms with Gasteiger partial charge < -0.3 is 15.2 Å². The summed E-state index contributed by atoms with van der Waals surface area (Å²) in [5.74, 6) is 0.0729. The van der Waals surface area contributed by atoms with Crippen molar-refractivity contribution in [2.24, 2.45) is 0 Å². The Morgan fingerprint density at radius 3 is 2.46 bits per heavy atom. The molecule has 7 nitrogen and oxygen atoms in total. The van der Waals surface area contributed by atoms with Gasteiger partial charge in [0, 0.05) is 17.7 Å². The number of amides is 1. The van der Waals surface area contributed by atoms with E-state index in [1.54, 1.807) is 44.2 Å². The molecule has 4 rings (SSSR count). The summed E-state index contributed by atoms with van der Waals surface area (Å²) in [4.78, 5) is 12.7. The summed E-state index contributed by atoms with van der Waals surface area (Å²) in [6, 6.07) is 19.6. The molecule has 2 atom stereocenters. The van der Waals surface area contributed by atoms with Crippen LogP contribution in [-0.2, 0) is 16.4 Å². The molecule has 184 valence electrons. The molecule has 0 radical (unpaired) electrons. The molecule has 9 heteroatoms. The lowest BCUT2D eigenvalue weighted by Crippen LogP contribution is -2.53. The molecule has 0 saturated heterocycles. The highest BCUT2D eigenvalue weighted by molar-refractivity contribution is 7.89. The monoisotopic (exact) mass is 514 g/mol. The van der Waals surface area contributed by atoms with Crippen molar-refractivity contribution in [2.45, 2.75) is 42.9 Å². The molecule has 3 aromatic carbocycles. The Morgan fingerprint density at radius 2 is 1.74 bits per heavy atom. The number of hydrogen-bond acceptors (Lipinski definition) is 5. The van der Waals surface area contributed by atoms with Crippen LogP contribution in [-0.4, -0.2) is 37.7 Å². The van der Waals surface area contributed by atoms with E-state index in [0.717, 1.165) is 5.56 Å². The van der Waals surface area contributed by atoms with E-state index in [1.165, 1.54) is 12.1 Å². The van der Waals surface area contributed by atoms with Crippen LogP contribution in [0.25, 0.3) is 0 Å². The third-order valence-electron chi connectivity index (χ3n) is 5.96. The summed E-state index contributed by atoms with van der Waals surface area (Å²) in [7, 11) is -4.09. The number of ether oxygens (including phenoxy) is 1. The predicted molar refractivity (Wildman–Crippen MR) is 134 cm³/mol. The topological polar surface area (TPSA) is 105 Å². The van der Waals surface area contributed by atoms with Crippen LogP contribution in [0.5, 0.6) is 5.75 Å². The number of sulfonamides is 1. The first-order chi connectivity index (χ1) is 16.6. The van der Waals surface area contributed by atoms with Crippen molar-refractivity contribution in [1.29, 1.82) is 0 Å². The molecular weight excluding hydrogens is 488 g/mol. The van der Waals surface area contributed by atoms with Crippen molar-refractivity contribution >= 4 is 27.5 Å². The van der Waals surface area contributed by atoms with E-state index >= 15 is 0 Å². The Bertz CT molecular complexity index is 1330. The lowest BCUT2D eigenvalue weighted by Gasteiger charge is -2.42. The number of nitrogens with one attached hydrogen (secondary N) is 2. The van der Waals surface area contributed by atoms with Crippen molar-refractivity contribution in [2.75, 3.05) is 6.54 Å². The molecule has 1 amide bonds. The summed E-state index contributed by atoms with van der Waals surface area (Å²) < 4.78 is 34.8. The Hall–Kier alpha value is -2.91. The maximum atomic E-state index is 13.2. The van der Waals surface area contributed by atoms with Gasteiger partial charge in [-0.3, -0.25) is 4.79 Å². The minimum Gasteiger partial charge on any atom is -0.485 e. The van der Waals surface area contributed by atoms with Gasteiger partial charge in [0.25, 0.3) is 5.91 Å². The Kier molecular flexibility index (Phi) is 7.19. The number of rotatable bonds is 7. The number of benzene rings is 3. The second-order valence-electron chi connectivity index (χ2n) is 8.92. The van der Waals surface area contributed by atoms with Gasteiger partial charge in [-0.1, -0.05) is 54.1 Å². The summed E-state index contributed by atoms with van der Waals surface area (Å²) in [5, 5.41) is 14.0. The zero-order chi connectivity index (χ0) is 25.2. The van der Waals surface area contributed by atoms with Gasteiger partial charge >= 0.3 is 0 Å². The Labute approximate surface area is 210 Å². The number of aliphatic hydroxyl groups excluding tert-OH is 1. The fourth-order valence-electron chi connectivity index (χ4n) is 4.03. The number of carbonyl (C=O) groups is 1. The predicted octanol–water partition coefficient (Wildman–Crippen LogP) is 3.86. The zero-order valence-corrected chi connectivity index (χ0v) is 20.9. The van der Waals surface area contributed by atoms with E-state index < -0.39 is 27.8 Å². The van der Waals surface area contributed by atoms with Crippen LogP contribution >= 0.6 is 11.6 Å². The normalized spacial score (nSPS) is 18.9.